The summed E-state index contributed by atoms with van der Waals surface area (Å²) in [6, 6.07) is 13.5. The summed E-state index contributed by atoms with van der Waals surface area (Å²) < 4.78 is 30.0. The summed E-state index contributed by atoms with van der Waals surface area (Å²) in [4.78, 5) is 41.4. The average molecular weight is 549 g/mol. The summed E-state index contributed by atoms with van der Waals surface area (Å²) in [7, 11) is 0. The Hall–Kier alpha value is -3.84. The lowest BCUT2D eigenvalue weighted by Crippen LogP contribution is -2.56. The first-order valence-corrected chi connectivity index (χ1v) is 13.7. The maximum atomic E-state index is 15.0. The van der Waals surface area contributed by atoms with Gasteiger partial charge in [0.1, 0.15) is 12.1 Å². The van der Waals surface area contributed by atoms with E-state index >= 15 is 0 Å². The Labute approximate surface area is 230 Å². The van der Waals surface area contributed by atoms with Gasteiger partial charge in [-0.2, -0.15) is 5.26 Å². The highest BCUT2D eigenvalue weighted by Gasteiger charge is 2.63. The summed E-state index contributed by atoms with van der Waals surface area (Å²) in [5, 5.41) is 27.3. The zero-order valence-corrected chi connectivity index (χ0v) is 21.8. The minimum Gasteiger partial charge on any atom is -0.372 e. The Morgan fingerprint density at radius 1 is 1.12 bits per heavy atom. The van der Waals surface area contributed by atoms with Crippen LogP contribution in [0.3, 0.4) is 0 Å². The van der Waals surface area contributed by atoms with E-state index in [2.05, 4.69) is 10.6 Å². The largest absolute Gasteiger partial charge is 0.372 e. The molecule has 2 aliphatic heterocycles. The van der Waals surface area contributed by atoms with Crippen LogP contribution in [0.15, 0.2) is 48.5 Å². The van der Waals surface area contributed by atoms with Crippen LogP contribution in [0.2, 0.25) is 0 Å². The number of carbonyl (C=O) groups excluding carboxylic acids is 3. The highest BCUT2D eigenvalue weighted by Crippen LogP contribution is 2.54. The SMILES string of the molecule is N#C[C@H](C[C@H]1CCCNC1=O)NC(=O)[C@@H]1[C@@H]2CCC(F)(F)[C@@H]2CN1C(=O)C1(O)c2ccccc2-c2ccccc21. The molecule has 0 bridgehead atoms. The number of benzene rings is 2. The molecule has 0 aromatic heterocycles. The molecule has 5 atom stereocenters. The monoisotopic (exact) mass is 548 g/mol. The zero-order chi connectivity index (χ0) is 28.2. The third-order valence-corrected chi connectivity index (χ3v) is 9.16. The number of likely N-dealkylation sites (tertiary alicyclic amines) is 1. The number of amides is 3. The summed E-state index contributed by atoms with van der Waals surface area (Å²) in [6.07, 6.45) is 1.07. The second-order valence-corrected chi connectivity index (χ2v) is 11.3. The lowest BCUT2D eigenvalue weighted by Gasteiger charge is -2.34. The van der Waals surface area contributed by atoms with Gasteiger partial charge in [-0.3, -0.25) is 14.4 Å². The van der Waals surface area contributed by atoms with Crippen LogP contribution in [0.4, 0.5) is 8.78 Å². The number of hydrogen-bond donors (Lipinski definition) is 3. The number of alkyl halides is 2. The van der Waals surface area contributed by atoms with E-state index in [1.165, 1.54) is 0 Å². The van der Waals surface area contributed by atoms with Gasteiger partial charge in [0.05, 0.1) is 6.07 Å². The number of piperidine rings is 1. The van der Waals surface area contributed by atoms with Crippen molar-refractivity contribution in [3.63, 3.8) is 0 Å². The molecule has 40 heavy (non-hydrogen) atoms. The van der Waals surface area contributed by atoms with Gasteiger partial charge in [-0.05, 0) is 42.7 Å². The molecular formula is C30H30F2N4O4. The van der Waals surface area contributed by atoms with Gasteiger partial charge in [-0.1, -0.05) is 48.5 Å². The summed E-state index contributed by atoms with van der Waals surface area (Å²) >= 11 is 0. The molecule has 208 valence electrons. The second kappa shape index (κ2) is 9.66. The predicted molar refractivity (Wildman–Crippen MR) is 139 cm³/mol. The van der Waals surface area contributed by atoms with Gasteiger partial charge in [-0.15, -0.1) is 0 Å². The summed E-state index contributed by atoms with van der Waals surface area (Å²) in [5.74, 6) is -7.33. The fourth-order valence-electron chi connectivity index (χ4n) is 7.20. The number of nitriles is 1. The molecule has 0 unspecified atom stereocenters. The minimum atomic E-state index is -3.07. The number of halogens is 2. The van der Waals surface area contributed by atoms with Gasteiger partial charge in [-0.25, -0.2) is 8.78 Å². The molecule has 3 fully saturated rings. The van der Waals surface area contributed by atoms with Gasteiger partial charge in [0.15, 0.2) is 5.60 Å². The fraction of sp³-hybridized carbons (Fsp3) is 0.467. The van der Waals surface area contributed by atoms with Crippen molar-refractivity contribution in [2.45, 2.75) is 55.7 Å². The quantitative estimate of drug-likeness (QED) is 0.531. The van der Waals surface area contributed by atoms with Crippen LogP contribution < -0.4 is 10.6 Å². The molecule has 10 heteroatoms. The maximum absolute atomic E-state index is 15.0. The predicted octanol–water partition coefficient (Wildman–Crippen LogP) is 2.70. The first-order chi connectivity index (χ1) is 19.2. The molecule has 3 amide bonds. The number of carbonyl (C=O) groups is 3. The number of aliphatic hydroxyl groups is 1. The fourth-order valence-corrected chi connectivity index (χ4v) is 7.20. The van der Waals surface area contributed by atoms with Crippen LogP contribution in [0.1, 0.15) is 43.2 Å². The first kappa shape index (κ1) is 26.4. The lowest BCUT2D eigenvalue weighted by molar-refractivity contribution is -0.153. The third-order valence-electron chi connectivity index (χ3n) is 9.16. The second-order valence-electron chi connectivity index (χ2n) is 11.3. The van der Waals surface area contributed by atoms with Crippen molar-refractivity contribution in [1.29, 1.82) is 5.26 Å². The van der Waals surface area contributed by atoms with E-state index in [1.807, 2.05) is 6.07 Å². The molecule has 3 N–H and O–H groups in total. The van der Waals surface area contributed by atoms with E-state index in [1.54, 1.807) is 48.5 Å². The van der Waals surface area contributed by atoms with Crippen LogP contribution in [-0.2, 0) is 20.0 Å². The summed E-state index contributed by atoms with van der Waals surface area (Å²) in [5.41, 5.74) is -0.163. The van der Waals surface area contributed by atoms with Crippen molar-refractivity contribution < 1.29 is 28.3 Å². The molecule has 2 saturated heterocycles. The van der Waals surface area contributed by atoms with Gasteiger partial charge >= 0.3 is 0 Å². The van der Waals surface area contributed by atoms with Crippen molar-refractivity contribution in [2.24, 2.45) is 17.8 Å². The van der Waals surface area contributed by atoms with Crippen LogP contribution in [0, 0.1) is 29.1 Å². The number of hydrogen-bond acceptors (Lipinski definition) is 5. The topological polar surface area (TPSA) is 123 Å². The Morgan fingerprint density at radius 3 is 2.40 bits per heavy atom. The van der Waals surface area contributed by atoms with E-state index < -0.39 is 59.6 Å². The van der Waals surface area contributed by atoms with E-state index in [4.69, 9.17) is 0 Å². The van der Waals surface area contributed by atoms with Crippen molar-refractivity contribution >= 4 is 17.7 Å². The molecular weight excluding hydrogens is 518 g/mol. The first-order valence-electron chi connectivity index (χ1n) is 13.7. The number of fused-ring (bicyclic) bond motifs is 4. The molecule has 2 aromatic rings. The Kier molecular flexibility index (Phi) is 6.37. The van der Waals surface area contributed by atoms with E-state index in [0.717, 1.165) is 11.3 Å². The smallest absolute Gasteiger partial charge is 0.264 e. The van der Waals surface area contributed by atoms with Crippen molar-refractivity contribution in [3.05, 3.63) is 59.7 Å². The normalized spacial score (nSPS) is 28.1. The van der Waals surface area contributed by atoms with Crippen molar-refractivity contribution in [3.8, 4) is 17.2 Å². The van der Waals surface area contributed by atoms with Crippen molar-refractivity contribution in [1.82, 2.24) is 15.5 Å². The van der Waals surface area contributed by atoms with Gasteiger partial charge in [0.25, 0.3) is 11.8 Å². The molecule has 4 aliphatic rings. The van der Waals surface area contributed by atoms with E-state index in [9.17, 15) is 33.5 Å². The standard InChI is InChI=1S/C30H30F2N4O4/c31-29(32)12-11-21-24(29)16-36(25(21)27(38)35-18(15-33)14-17-6-5-13-34-26(17)37)28(39)30(40)22-9-3-1-7-19(22)20-8-2-4-10-23(20)30/h1-4,7-10,17-18,21,24-25,40H,5-6,11-14,16H2,(H,34,37)(H,35,38)/t17-,18+,21-,24-,25+/m1/s1. The molecule has 0 spiro atoms. The Bertz CT molecular complexity index is 1380. The number of nitrogens with zero attached hydrogens (tertiary/aromatic N) is 2. The molecule has 0 radical (unpaired) electrons. The Morgan fingerprint density at radius 2 is 1.77 bits per heavy atom. The van der Waals surface area contributed by atoms with Crippen LogP contribution in [-0.4, -0.2) is 58.8 Å². The van der Waals surface area contributed by atoms with Crippen LogP contribution in [0.25, 0.3) is 11.1 Å². The number of nitrogens with one attached hydrogen (secondary N) is 2. The molecule has 2 heterocycles. The maximum Gasteiger partial charge on any atom is 0.264 e. The minimum absolute atomic E-state index is 0.0351. The lowest BCUT2D eigenvalue weighted by atomic mass is 9.88. The van der Waals surface area contributed by atoms with Gasteiger partial charge < -0.3 is 20.6 Å². The molecule has 8 nitrogen and oxygen atoms in total. The number of rotatable bonds is 5. The van der Waals surface area contributed by atoms with Crippen LogP contribution >= 0.6 is 0 Å². The van der Waals surface area contributed by atoms with E-state index in [0.29, 0.717) is 35.2 Å². The zero-order valence-electron chi connectivity index (χ0n) is 21.8. The summed E-state index contributed by atoms with van der Waals surface area (Å²) in [6.45, 7) is 0.175. The van der Waals surface area contributed by atoms with Crippen LogP contribution in [0.5, 0.6) is 0 Å². The highest BCUT2D eigenvalue weighted by atomic mass is 19.3. The highest BCUT2D eigenvalue weighted by molar-refractivity contribution is 6.01. The molecule has 1 saturated carbocycles. The molecule has 2 aromatic carbocycles. The van der Waals surface area contributed by atoms with Crippen molar-refractivity contribution in [2.75, 3.05) is 13.1 Å². The molecule has 2 aliphatic carbocycles. The van der Waals surface area contributed by atoms with Gasteiger partial charge in [0, 0.05) is 42.5 Å². The van der Waals surface area contributed by atoms with E-state index in [-0.39, 0.29) is 25.3 Å². The van der Waals surface area contributed by atoms with Gasteiger partial charge in [0.2, 0.25) is 11.8 Å². The Balaban J connectivity index is 1.33. The molecule has 6 rings (SSSR count). The third kappa shape index (κ3) is 3.98. The average Bonchev–Trinajstić information content (AvgIpc) is 3.58.